The Morgan fingerprint density at radius 3 is 2.15 bits per heavy atom. The second-order valence-corrected chi connectivity index (χ2v) is 3.85. The first-order valence-electron chi connectivity index (χ1n) is 4.69. The molecule has 0 aliphatic rings. The third kappa shape index (κ3) is 3.07. The predicted octanol–water partition coefficient (Wildman–Crippen LogP) is 1.79. The van der Waals surface area contributed by atoms with Gasteiger partial charge in [-0.2, -0.15) is 0 Å². The highest BCUT2D eigenvalue weighted by atomic mass is 14.6. The molecular formula is C11H18N2. The molecule has 0 radical (unpaired) electrons. The third-order valence-electron chi connectivity index (χ3n) is 2.31. The fraction of sp³-hybridized carbons (Fsp3) is 0.455. The van der Waals surface area contributed by atoms with E-state index >= 15 is 0 Å². The van der Waals surface area contributed by atoms with E-state index < -0.39 is 0 Å². The molecule has 4 N–H and O–H groups in total. The minimum Gasteiger partial charge on any atom is -0.399 e. The Kier molecular flexibility index (Phi) is 3.32. The molecule has 0 aromatic heterocycles. The molecule has 72 valence electrons. The first-order valence-corrected chi connectivity index (χ1v) is 4.69. The van der Waals surface area contributed by atoms with Crippen molar-refractivity contribution in [2.75, 3.05) is 5.73 Å². The summed E-state index contributed by atoms with van der Waals surface area (Å²) in [6, 6.07) is 8.16. The van der Waals surface area contributed by atoms with Gasteiger partial charge in [-0.15, -0.1) is 0 Å². The van der Waals surface area contributed by atoms with Gasteiger partial charge >= 0.3 is 0 Å². The van der Waals surface area contributed by atoms with Crippen molar-refractivity contribution in [1.82, 2.24) is 0 Å². The Hall–Kier alpha value is -1.02. The van der Waals surface area contributed by atoms with Crippen molar-refractivity contribution < 1.29 is 0 Å². The van der Waals surface area contributed by atoms with Gasteiger partial charge in [0.15, 0.2) is 0 Å². The molecule has 0 saturated heterocycles. The van der Waals surface area contributed by atoms with Crippen molar-refractivity contribution in [1.29, 1.82) is 0 Å². The molecule has 0 fully saturated rings. The van der Waals surface area contributed by atoms with Gasteiger partial charge in [0.2, 0.25) is 0 Å². The van der Waals surface area contributed by atoms with E-state index in [9.17, 15) is 0 Å². The number of benzene rings is 1. The van der Waals surface area contributed by atoms with Crippen LogP contribution in [0.15, 0.2) is 24.3 Å². The zero-order chi connectivity index (χ0) is 9.84. The Morgan fingerprint density at radius 2 is 1.69 bits per heavy atom. The van der Waals surface area contributed by atoms with Crippen LogP contribution < -0.4 is 11.5 Å². The Labute approximate surface area is 79.9 Å². The van der Waals surface area contributed by atoms with Crippen LogP contribution in [0.4, 0.5) is 5.69 Å². The number of anilines is 1. The van der Waals surface area contributed by atoms with Crippen LogP contribution >= 0.6 is 0 Å². The maximum atomic E-state index is 5.96. The number of hydrogen-bond donors (Lipinski definition) is 2. The smallest absolute Gasteiger partial charge is 0.0314 e. The average Bonchev–Trinajstić information content (AvgIpc) is 2.08. The molecular weight excluding hydrogens is 160 g/mol. The van der Waals surface area contributed by atoms with Crippen LogP contribution in [0, 0.1) is 5.92 Å². The van der Waals surface area contributed by atoms with Gasteiger partial charge in [0.1, 0.15) is 0 Å². The molecule has 0 heterocycles. The van der Waals surface area contributed by atoms with Gasteiger partial charge in [0.05, 0.1) is 0 Å². The lowest BCUT2D eigenvalue weighted by Crippen LogP contribution is -2.28. The van der Waals surface area contributed by atoms with E-state index in [1.54, 1.807) is 0 Å². The Balaban J connectivity index is 2.59. The first kappa shape index (κ1) is 10.1. The summed E-state index contributed by atoms with van der Waals surface area (Å²) in [5.41, 5.74) is 13.6. The molecule has 0 aliphatic heterocycles. The molecule has 0 bridgehead atoms. The summed E-state index contributed by atoms with van der Waals surface area (Å²) < 4.78 is 0. The van der Waals surface area contributed by atoms with E-state index in [2.05, 4.69) is 13.8 Å². The van der Waals surface area contributed by atoms with Crippen LogP contribution in [0.3, 0.4) is 0 Å². The molecule has 13 heavy (non-hydrogen) atoms. The molecule has 0 saturated carbocycles. The highest BCUT2D eigenvalue weighted by Gasteiger charge is 2.07. The van der Waals surface area contributed by atoms with E-state index in [0.717, 1.165) is 12.1 Å². The number of nitrogen functional groups attached to an aromatic ring is 1. The van der Waals surface area contributed by atoms with Gasteiger partial charge in [0, 0.05) is 11.7 Å². The molecule has 1 atom stereocenters. The van der Waals surface area contributed by atoms with Gasteiger partial charge in [-0.1, -0.05) is 26.0 Å². The predicted molar refractivity (Wildman–Crippen MR) is 57.4 cm³/mol. The monoisotopic (exact) mass is 178 g/mol. The van der Waals surface area contributed by atoms with Crippen LogP contribution in [-0.2, 0) is 6.42 Å². The fourth-order valence-corrected chi connectivity index (χ4v) is 1.16. The van der Waals surface area contributed by atoms with Crippen LogP contribution in [0.5, 0.6) is 0 Å². The van der Waals surface area contributed by atoms with E-state index in [1.807, 2.05) is 24.3 Å². The van der Waals surface area contributed by atoms with Crippen LogP contribution in [0.25, 0.3) is 0 Å². The maximum Gasteiger partial charge on any atom is 0.0314 e. The summed E-state index contributed by atoms with van der Waals surface area (Å²) in [6.07, 6.45) is 0.929. The minimum atomic E-state index is 0.239. The maximum absolute atomic E-state index is 5.96. The second kappa shape index (κ2) is 4.28. The highest BCUT2D eigenvalue weighted by molar-refractivity contribution is 5.39. The van der Waals surface area contributed by atoms with E-state index in [1.165, 1.54) is 5.56 Å². The average molecular weight is 178 g/mol. The second-order valence-electron chi connectivity index (χ2n) is 3.85. The van der Waals surface area contributed by atoms with E-state index in [0.29, 0.717) is 5.92 Å². The van der Waals surface area contributed by atoms with Crippen molar-refractivity contribution >= 4 is 5.69 Å². The molecule has 2 nitrogen and oxygen atoms in total. The van der Waals surface area contributed by atoms with E-state index in [4.69, 9.17) is 11.5 Å². The lowest BCUT2D eigenvalue weighted by Gasteiger charge is -2.15. The topological polar surface area (TPSA) is 52.0 Å². The van der Waals surface area contributed by atoms with Crippen molar-refractivity contribution in [3.05, 3.63) is 29.8 Å². The largest absolute Gasteiger partial charge is 0.399 e. The standard InChI is InChI=1S/C11H18N2/c1-8(2)11(13)7-9-3-5-10(12)6-4-9/h3-6,8,11H,7,12-13H2,1-2H3. The molecule has 1 aromatic rings. The van der Waals surface area contributed by atoms with Crippen LogP contribution in [0.2, 0.25) is 0 Å². The quantitative estimate of drug-likeness (QED) is 0.693. The van der Waals surface area contributed by atoms with Gasteiger partial charge in [-0.3, -0.25) is 0 Å². The number of rotatable bonds is 3. The number of nitrogens with two attached hydrogens (primary N) is 2. The van der Waals surface area contributed by atoms with Gasteiger partial charge < -0.3 is 11.5 Å². The van der Waals surface area contributed by atoms with Crippen molar-refractivity contribution in [2.45, 2.75) is 26.3 Å². The first-order chi connectivity index (χ1) is 6.09. The van der Waals surface area contributed by atoms with Crippen molar-refractivity contribution in [3.8, 4) is 0 Å². The van der Waals surface area contributed by atoms with Crippen molar-refractivity contribution in [2.24, 2.45) is 11.7 Å². The summed E-state index contributed by atoms with van der Waals surface area (Å²) in [7, 11) is 0. The summed E-state index contributed by atoms with van der Waals surface area (Å²) in [6.45, 7) is 4.28. The highest BCUT2D eigenvalue weighted by Crippen LogP contribution is 2.10. The van der Waals surface area contributed by atoms with E-state index in [-0.39, 0.29) is 6.04 Å². The third-order valence-corrected chi connectivity index (χ3v) is 2.31. The fourth-order valence-electron chi connectivity index (χ4n) is 1.16. The normalized spacial score (nSPS) is 13.2. The molecule has 1 rings (SSSR count). The summed E-state index contributed by atoms with van der Waals surface area (Å²) in [5.74, 6) is 0.526. The molecule has 0 aliphatic carbocycles. The van der Waals surface area contributed by atoms with Crippen LogP contribution in [0.1, 0.15) is 19.4 Å². The summed E-state index contributed by atoms with van der Waals surface area (Å²) in [5, 5.41) is 0. The zero-order valence-corrected chi connectivity index (χ0v) is 8.33. The minimum absolute atomic E-state index is 0.239. The van der Waals surface area contributed by atoms with Gasteiger partial charge in [-0.25, -0.2) is 0 Å². The molecule has 1 unspecified atom stereocenters. The summed E-state index contributed by atoms with van der Waals surface area (Å²) in [4.78, 5) is 0. The lowest BCUT2D eigenvalue weighted by molar-refractivity contribution is 0.490. The van der Waals surface area contributed by atoms with Gasteiger partial charge in [-0.05, 0) is 30.0 Å². The molecule has 0 amide bonds. The SMILES string of the molecule is CC(C)C(N)Cc1ccc(N)cc1. The molecule has 2 heteroatoms. The van der Waals surface area contributed by atoms with Crippen molar-refractivity contribution in [3.63, 3.8) is 0 Å². The zero-order valence-electron chi connectivity index (χ0n) is 8.33. The van der Waals surface area contributed by atoms with Gasteiger partial charge in [0.25, 0.3) is 0 Å². The number of hydrogen-bond acceptors (Lipinski definition) is 2. The molecule has 1 aromatic carbocycles. The Morgan fingerprint density at radius 1 is 1.15 bits per heavy atom. The summed E-state index contributed by atoms with van der Waals surface area (Å²) >= 11 is 0. The van der Waals surface area contributed by atoms with Crippen LogP contribution in [-0.4, -0.2) is 6.04 Å². The molecule has 0 spiro atoms. The Bertz CT molecular complexity index is 251. The lowest BCUT2D eigenvalue weighted by atomic mass is 9.97.